The minimum absolute atomic E-state index is 0.0169. The number of carbonyl (C=O) groups excluding carboxylic acids is 3. The highest BCUT2D eigenvalue weighted by Gasteiger charge is 2.14. The van der Waals surface area contributed by atoms with E-state index in [9.17, 15) is 14.4 Å². The fourth-order valence-corrected chi connectivity index (χ4v) is 2.55. The largest absolute Gasteiger partial charge is 0.462 e. The van der Waals surface area contributed by atoms with Crippen molar-refractivity contribution in [3.8, 4) is 0 Å². The van der Waals surface area contributed by atoms with E-state index in [0.29, 0.717) is 36.3 Å². The average Bonchev–Trinajstić information content (AvgIpc) is 2.69. The molecule has 2 aromatic carbocycles. The van der Waals surface area contributed by atoms with Crippen LogP contribution in [0.1, 0.15) is 59.7 Å². The molecule has 0 aromatic heterocycles. The number of anilines is 1. The molecule has 2 rings (SSSR count). The molecule has 0 heterocycles. The fraction of sp³-hybridized carbons (Fsp3) is 0.318. The van der Waals surface area contributed by atoms with Gasteiger partial charge in [-0.25, -0.2) is 4.79 Å². The lowest BCUT2D eigenvalue weighted by molar-refractivity contribution is -0.116. The van der Waals surface area contributed by atoms with Gasteiger partial charge in [0.25, 0.3) is 0 Å². The van der Waals surface area contributed by atoms with E-state index in [2.05, 4.69) is 5.32 Å². The Morgan fingerprint density at radius 1 is 0.889 bits per heavy atom. The molecule has 1 N–H and O–H groups in total. The van der Waals surface area contributed by atoms with Gasteiger partial charge in [-0.05, 0) is 25.0 Å². The van der Waals surface area contributed by atoms with Crippen LogP contribution in [0.25, 0.3) is 0 Å². The van der Waals surface area contributed by atoms with Gasteiger partial charge in [-0.15, -0.1) is 0 Å². The highest BCUT2D eigenvalue weighted by molar-refractivity contribution is 6.01. The number of amides is 1. The maximum Gasteiger partial charge on any atom is 0.340 e. The van der Waals surface area contributed by atoms with Crippen molar-refractivity contribution in [3.05, 3.63) is 65.7 Å². The lowest BCUT2D eigenvalue weighted by Gasteiger charge is -2.11. The summed E-state index contributed by atoms with van der Waals surface area (Å²) in [6.07, 6.45) is 2.70. The van der Waals surface area contributed by atoms with Gasteiger partial charge >= 0.3 is 5.97 Å². The Morgan fingerprint density at radius 3 is 2.33 bits per heavy atom. The van der Waals surface area contributed by atoms with Crippen LogP contribution in [0.15, 0.2) is 54.6 Å². The molecular weight excluding hydrogens is 342 g/mol. The lowest BCUT2D eigenvalue weighted by atomic mass is 10.1. The highest BCUT2D eigenvalue weighted by Crippen LogP contribution is 2.17. The summed E-state index contributed by atoms with van der Waals surface area (Å²) in [6, 6.07) is 15.8. The molecule has 0 spiro atoms. The van der Waals surface area contributed by atoms with Crippen LogP contribution in [0.4, 0.5) is 5.69 Å². The quantitative estimate of drug-likeness (QED) is 0.377. The van der Waals surface area contributed by atoms with Crippen LogP contribution in [0.3, 0.4) is 0 Å². The standard InChI is InChI=1S/C22H25NO4/c1-2-3-16-27-22(26)18-12-7-8-13-19(18)23-21(25)15-9-14-20(24)17-10-5-4-6-11-17/h4-8,10-13H,2-3,9,14-16H2,1H3,(H,23,25). The normalized spacial score (nSPS) is 10.3. The summed E-state index contributed by atoms with van der Waals surface area (Å²) < 4.78 is 5.22. The molecule has 5 heteroatoms. The lowest BCUT2D eigenvalue weighted by Crippen LogP contribution is -2.16. The van der Waals surface area contributed by atoms with Crippen molar-refractivity contribution in [3.63, 3.8) is 0 Å². The van der Waals surface area contributed by atoms with E-state index >= 15 is 0 Å². The number of para-hydroxylation sites is 1. The van der Waals surface area contributed by atoms with Crippen LogP contribution in [0.2, 0.25) is 0 Å². The first kappa shape index (κ1) is 20.4. The molecule has 1 amide bonds. The van der Waals surface area contributed by atoms with Gasteiger partial charge < -0.3 is 10.1 Å². The molecule has 0 aliphatic rings. The van der Waals surface area contributed by atoms with Crippen LogP contribution < -0.4 is 5.32 Å². The third-order valence-corrected chi connectivity index (χ3v) is 4.06. The summed E-state index contributed by atoms with van der Waals surface area (Å²) in [5.74, 6) is -0.661. The molecule has 142 valence electrons. The van der Waals surface area contributed by atoms with Crippen molar-refractivity contribution in [2.24, 2.45) is 0 Å². The molecule has 5 nitrogen and oxygen atoms in total. The summed E-state index contributed by atoms with van der Waals surface area (Å²) in [4.78, 5) is 36.4. The van der Waals surface area contributed by atoms with Crippen LogP contribution in [-0.4, -0.2) is 24.3 Å². The van der Waals surface area contributed by atoms with Gasteiger partial charge in [-0.1, -0.05) is 55.8 Å². The van der Waals surface area contributed by atoms with E-state index in [1.54, 1.807) is 36.4 Å². The van der Waals surface area contributed by atoms with Gasteiger partial charge in [0.1, 0.15) is 0 Å². The summed E-state index contributed by atoms with van der Waals surface area (Å²) in [7, 11) is 0. The number of ketones is 1. The van der Waals surface area contributed by atoms with Crippen molar-refractivity contribution in [2.75, 3.05) is 11.9 Å². The molecule has 2 aromatic rings. The maximum atomic E-state index is 12.2. The van der Waals surface area contributed by atoms with Crippen LogP contribution in [0, 0.1) is 0 Å². The second-order valence-corrected chi connectivity index (χ2v) is 6.23. The van der Waals surface area contributed by atoms with E-state index in [4.69, 9.17) is 4.74 Å². The zero-order valence-electron chi connectivity index (χ0n) is 15.6. The number of hydrogen-bond donors (Lipinski definition) is 1. The fourth-order valence-electron chi connectivity index (χ4n) is 2.55. The number of unbranched alkanes of at least 4 members (excludes halogenated alkanes) is 1. The van der Waals surface area contributed by atoms with Gasteiger partial charge in [0.05, 0.1) is 17.9 Å². The van der Waals surface area contributed by atoms with Gasteiger partial charge in [0.2, 0.25) is 5.91 Å². The zero-order valence-corrected chi connectivity index (χ0v) is 15.6. The van der Waals surface area contributed by atoms with Crippen molar-refractivity contribution in [2.45, 2.75) is 39.0 Å². The number of nitrogens with one attached hydrogen (secondary N) is 1. The van der Waals surface area contributed by atoms with E-state index in [1.807, 2.05) is 25.1 Å². The maximum absolute atomic E-state index is 12.2. The van der Waals surface area contributed by atoms with Crippen LogP contribution in [0.5, 0.6) is 0 Å². The zero-order chi connectivity index (χ0) is 19.5. The number of esters is 1. The number of hydrogen-bond acceptors (Lipinski definition) is 4. The first-order valence-electron chi connectivity index (χ1n) is 9.26. The molecule has 27 heavy (non-hydrogen) atoms. The number of benzene rings is 2. The molecule has 0 aliphatic carbocycles. The molecule has 0 bridgehead atoms. The van der Waals surface area contributed by atoms with Crippen LogP contribution >= 0.6 is 0 Å². The minimum atomic E-state index is -0.446. The summed E-state index contributed by atoms with van der Waals surface area (Å²) in [5, 5.41) is 2.74. The molecule has 0 fully saturated rings. The first-order valence-corrected chi connectivity index (χ1v) is 9.26. The third kappa shape index (κ3) is 6.70. The van der Waals surface area contributed by atoms with Crippen molar-refractivity contribution in [1.29, 1.82) is 0 Å². The van der Waals surface area contributed by atoms with E-state index in [-0.39, 0.29) is 18.1 Å². The van der Waals surface area contributed by atoms with Crippen molar-refractivity contribution < 1.29 is 19.1 Å². The Kier molecular flexibility index (Phi) is 8.23. The van der Waals surface area contributed by atoms with Crippen LogP contribution in [-0.2, 0) is 9.53 Å². The van der Waals surface area contributed by atoms with E-state index in [0.717, 1.165) is 12.8 Å². The van der Waals surface area contributed by atoms with Crippen molar-refractivity contribution in [1.82, 2.24) is 0 Å². The molecule has 0 unspecified atom stereocenters. The Morgan fingerprint density at radius 2 is 1.59 bits per heavy atom. The number of rotatable bonds is 10. The topological polar surface area (TPSA) is 72.5 Å². The number of Topliss-reactive ketones (excluding diaryl/α,β-unsaturated/α-hetero) is 1. The van der Waals surface area contributed by atoms with Gasteiger partial charge in [-0.3, -0.25) is 9.59 Å². The van der Waals surface area contributed by atoms with E-state index < -0.39 is 5.97 Å². The van der Waals surface area contributed by atoms with Gasteiger partial charge in [0, 0.05) is 18.4 Å². The molecule has 0 saturated heterocycles. The number of carbonyl (C=O) groups is 3. The highest BCUT2D eigenvalue weighted by atomic mass is 16.5. The van der Waals surface area contributed by atoms with Gasteiger partial charge in [-0.2, -0.15) is 0 Å². The molecule has 0 atom stereocenters. The molecule has 0 radical (unpaired) electrons. The predicted octanol–water partition coefficient (Wildman–Crippen LogP) is 4.64. The Balaban J connectivity index is 1.85. The SMILES string of the molecule is CCCCOC(=O)c1ccccc1NC(=O)CCCC(=O)c1ccccc1. The number of ether oxygens (including phenoxy) is 1. The predicted molar refractivity (Wildman–Crippen MR) is 105 cm³/mol. The summed E-state index contributed by atoms with van der Waals surface area (Å²) in [5.41, 5.74) is 1.42. The van der Waals surface area contributed by atoms with E-state index in [1.165, 1.54) is 0 Å². The Labute approximate surface area is 159 Å². The second-order valence-electron chi connectivity index (χ2n) is 6.23. The smallest absolute Gasteiger partial charge is 0.340 e. The minimum Gasteiger partial charge on any atom is -0.462 e. The molecular formula is C22H25NO4. The Bertz CT molecular complexity index is 771. The Hall–Kier alpha value is -2.95. The second kappa shape index (κ2) is 10.9. The van der Waals surface area contributed by atoms with Gasteiger partial charge in [0.15, 0.2) is 5.78 Å². The third-order valence-electron chi connectivity index (χ3n) is 4.06. The molecule has 0 aliphatic heterocycles. The summed E-state index contributed by atoms with van der Waals surface area (Å²) in [6.45, 7) is 2.38. The first-order chi connectivity index (χ1) is 13.1. The van der Waals surface area contributed by atoms with Crippen molar-refractivity contribution >= 4 is 23.3 Å². The monoisotopic (exact) mass is 367 g/mol. The average molecular weight is 367 g/mol. The summed E-state index contributed by atoms with van der Waals surface area (Å²) >= 11 is 0. The molecule has 0 saturated carbocycles.